The Bertz CT molecular complexity index is 499. The van der Waals surface area contributed by atoms with Gasteiger partial charge in [0.1, 0.15) is 0 Å². The normalized spacial score (nSPS) is 16.4. The van der Waals surface area contributed by atoms with Crippen LogP contribution in [0.3, 0.4) is 0 Å². The van der Waals surface area contributed by atoms with Gasteiger partial charge in [-0.15, -0.1) is 0 Å². The second-order valence-corrected chi connectivity index (χ2v) is 5.15. The first kappa shape index (κ1) is 8.81. The number of aromatic nitrogens is 1. The Hall–Kier alpha value is -0.470. The van der Waals surface area contributed by atoms with Gasteiger partial charge < -0.3 is 4.98 Å². The van der Waals surface area contributed by atoms with Crippen molar-refractivity contribution in [2.75, 3.05) is 0 Å². The highest BCUT2D eigenvalue weighted by Gasteiger charge is 2.26. The quantitative estimate of drug-likeness (QED) is 0.787. The second kappa shape index (κ2) is 3.01. The maximum atomic E-state index is 6.14. The summed E-state index contributed by atoms with van der Waals surface area (Å²) >= 11 is 9.61. The predicted octanol–water partition coefficient (Wildman–Crippen LogP) is 4.46. The van der Waals surface area contributed by atoms with Gasteiger partial charge in [-0.05, 0) is 36.5 Å². The molecule has 0 aliphatic heterocycles. The molecular formula is C11H9BrClN. The zero-order valence-corrected chi connectivity index (χ0v) is 9.82. The van der Waals surface area contributed by atoms with Gasteiger partial charge in [-0.1, -0.05) is 27.5 Å². The Labute approximate surface area is 95.6 Å². The fourth-order valence-corrected chi connectivity index (χ4v) is 2.77. The summed E-state index contributed by atoms with van der Waals surface area (Å²) in [5, 5.41) is 2.06. The third kappa shape index (κ3) is 1.29. The molecule has 1 N–H and O–H groups in total. The van der Waals surface area contributed by atoms with Crippen LogP contribution in [0.5, 0.6) is 0 Å². The lowest BCUT2D eigenvalue weighted by Crippen LogP contribution is -1.76. The number of fused-ring (bicyclic) bond motifs is 1. The fraction of sp³-hybridized carbons (Fsp3) is 0.273. The molecule has 1 fully saturated rings. The molecule has 0 bridgehead atoms. The molecule has 3 rings (SSSR count). The number of rotatable bonds is 1. The van der Waals surface area contributed by atoms with Crippen LogP contribution in [0.1, 0.15) is 24.3 Å². The van der Waals surface area contributed by atoms with Crippen molar-refractivity contribution >= 4 is 38.4 Å². The molecule has 14 heavy (non-hydrogen) atoms. The van der Waals surface area contributed by atoms with E-state index in [-0.39, 0.29) is 0 Å². The van der Waals surface area contributed by atoms with Gasteiger partial charge in [0.05, 0.1) is 10.5 Å². The van der Waals surface area contributed by atoms with E-state index in [2.05, 4.69) is 33.2 Å². The number of benzene rings is 1. The lowest BCUT2D eigenvalue weighted by molar-refractivity contribution is 1.15. The minimum atomic E-state index is 0.758. The van der Waals surface area contributed by atoms with Crippen molar-refractivity contribution in [1.82, 2.24) is 4.98 Å². The van der Waals surface area contributed by atoms with E-state index >= 15 is 0 Å². The number of hydrogen-bond acceptors (Lipinski definition) is 0. The summed E-state index contributed by atoms with van der Waals surface area (Å²) in [4.78, 5) is 3.25. The Morgan fingerprint density at radius 2 is 2.14 bits per heavy atom. The van der Waals surface area contributed by atoms with Crippen LogP contribution in [0.25, 0.3) is 10.9 Å². The van der Waals surface area contributed by atoms with Gasteiger partial charge in [0.25, 0.3) is 0 Å². The molecule has 3 heteroatoms. The minimum absolute atomic E-state index is 0.758. The highest BCUT2D eigenvalue weighted by atomic mass is 79.9. The van der Waals surface area contributed by atoms with Gasteiger partial charge in [0.2, 0.25) is 0 Å². The number of H-pyrrole nitrogens is 1. The molecule has 2 aromatic rings. The molecule has 1 aliphatic carbocycles. The Morgan fingerprint density at radius 1 is 1.36 bits per heavy atom. The Morgan fingerprint density at radius 3 is 2.86 bits per heavy atom. The first-order chi connectivity index (χ1) is 6.75. The molecule has 0 spiro atoms. The number of aromatic amines is 1. The minimum Gasteiger partial charge on any atom is -0.360 e. The van der Waals surface area contributed by atoms with E-state index in [9.17, 15) is 0 Å². The molecule has 1 heterocycles. The smallest absolute Gasteiger partial charge is 0.0658 e. The summed E-state index contributed by atoms with van der Waals surface area (Å²) in [6.07, 6.45) is 4.73. The van der Waals surface area contributed by atoms with Crippen LogP contribution in [0.4, 0.5) is 0 Å². The van der Waals surface area contributed by atoms with Gasteiger partial charge >= 0.3 is 0 Å². The topological polar surface area (TPSA) is 15.8 Å². The van der Waals surface area contributed by atoms with E-state index in [4.69, 9.17) is 11.6 Å². The fourth-order valence-electron chi connectivity index (χ4n) is 1.91. The zero-order valence-electron chi connectivity index (χ0n) is 7.48. The van der Waals surface area contributed by atoms with Gasteiger partial charge in [-0.3, -0.25) is 0 Å². The molecular weight excluding hydrogens is 261 g/mol. The molecule has 0 atom stereocenters. The van der Waals surface area contributed by atoms with Crippen molar-refractivity contribution in [1.29, 1.82) is 0 Å². The van der Waals surface area contributed by atoms with Crippen molar-refractivity contribution in [2.45, 2.75) is 18.8 Å². The van der Waals surface area contributed by atoms with E-state index in [1.165, 1.54) is 23.8 Å². The van der Waals surface area contributed by atoms with Gasteiger partial charge in [-0.2, -0.15) is 0 Å². The number of halogens is 2. The van der Waals surface area contributed by atoms with Crippen molar-refractivity contribution < 1.29 is 0 Å². The number of nitrogens with one attached hydrogen (secondary N) is 1. The van der Waals surface area contributed by atoms with Crippen molar-refractivity contribution in [2.24, 2.45) is 0 Å². The molecule has 1 aromatic heterocycles. The van der Waals surface area contributed by atoms with Crippen LogP contribution in [-0.2, 0) is 0 Å². The molecule has 0 amide bonds. The average molecular weight is 271 g/mol. The number of hydrogen-bond donors (Lipinski definition) is 1. The first-order valence-corrected chi connectivity index (χ1v) is 5.89. The lowest BCUT2D eigenvalue weighted by Gasteiger charge is -1.98. The van der Waals surface area contributed by atoms with E-state index in [1.807, 2.05) is 6.07 Å². The lowest BCUT2D eigenvalue weighted by atomic mass is 10.1. The molecule has 0 radical (unpaired) electrons. The van der Waals surface area contributed by atoms with Gasteiger partial charge in [0, 0.05) is 16.1 Å². The molecule has 1 aromatic carbocycles. The van der Waals surface area contributed by atoms with E-state index < -0.39 is 0 Å². The standard InChI is InChI=1S/C11H9BrClN/c12-7-3-8-9(6-1-2-6)5-14-11(8)10(13)4-7/h3-6,14H,1-2H2. The van der Waals surface area contributed by atoms with Crippen LogP contribution in [0.2, 0.25) is 5.02 Å². The maximum absolute atomic E-state index is 6.14. The SMILES string of the molecule is Clc1cc(Br)cc2c(C3CC3)c[nH]c12. The average Bonchev–Trinajstić information content (AvgIpc) is 2.87. The summed E-state index contributed by atoms with van der Waals surface area (Å²) in [6, 6.07) is 4.07. The summed E-state index contributed by atoms with van der Waals surface area (Å²) < 4.78 is 1.05. The first-order valence-electron chi connectivity index (χ1n) is 4.72. The van der Waals surface area contributed by atoms with Crippen LogP contribution >= 0.6 is 27.5 Å². The monoisotopic (exact) mass is 269 g/mol. The highest BCUT2D eigenvalue weighted by Crippen LogP contribution is 2.44. The molecule has 0 unspecified atom stereocenters. The van der Waals surface area contributed by atoms with Crippen LogP contribution in [0, 0.1) is 0 Å². The van der Waals surface area contributed by atoms with Crippen LogP contribution in [-0.4, -0.2) is 4.98 Å². The van der Waals surface area contributed by atoms with Gasteiger partial charge in [0.15, 0.2) is 0 Å². The second-order valence-electron chi connectivity index (χ2n) is 3.83. The molecule has 1 saturated carbocycles. The molecule has 1 aliphatic rings. The Kier molecular flexibility index (Phi) is 1.89. The van der Waals surface area contributed by atoms with Crippen LogP contribution < -0.4 is 0 Å². The van der Waals surface area contributed by atoms with Gasteiger partial charge in [-0.25, -0.2) is 0 Å². The summed E-state index contributed by atoms with van der Waals surface area (Å²) in [7, 11) is 0. The highest BCUT2D eigenvalue weighted by molar-refractivity contribution is 9.10. The zero-order chi connectivity index (χ0) is 9.71. The summed E-state index contributed by atoms with van der Waals surface area (Å²) in [5.74, 6) is 0.758. The van der Waals surface area contributed by atoms with E-state index in [1.54, 1.807) is 0 Å². The largest absolute Gasteiger partial charge is 0.360 e. The maximum Gasteiger partial charge on any atom is 0.0658 e. The molecule has 1 nitrogen and oxygen atoms in total. The van der Waals surface area contributed by atoms with Crippen LogP contribution in [0.15, 0.2) is 22.8 Å². The Balaban J connectivity index is 2.33. The summed E-state index contributed by atoms with van der Waals surface area (Å²) in [5.41, 5.74) is 2.49. The van der Waals surface area contributed by atoms with E-state index in [0.29, 0.717) is 0 Å². The molecule has 72 valence electrons. The third-order valence-corrected chi connectivity index (χ3v) is 3.51. The molecule has 0 saturated heterocycles. The van der Waals surface area contributed by atoms with Crippen molar-refractivity contribution in [3.05, 3.63) is 33.4 Å². The summed E-state index contributed by atoms with van der Waals surface area (Å²) in [6.45, 7) is 0. The van der Waals surface area contributed by atoms with Crippen molar-refractivity contribution in [3.8, 4) is 0 Å². The predicted molar refractivity (Wildman–Crippen MR) is 63.0 cm³/mol. The van der Waals surface area contributed by atoms with E-state index in [0.717, 1.165) is 20.9 Å². The van der Waals surface area contributed by atoms with Crippen molar-refractivity contribution in [3.63, 3.8) is 0 Å². The third-order valence-electron chi connectivity index (χ3n) is 2.76.